The van der Waals surface area contributed by atoms with Crippen LogP contribution in [0.15, 0.2) is 77.9 Å². The summed E-state index contributed by atoms with van der Waals surface area (Å²) in [5.74, 6) is 0.840. The van der Waals surface area contributed by atoms with Crippen LogP contribution < -0.4 is 14.8 Å². The summed E-state index contributed by atoms with van der Waals surface area (Å²) in [5, 5.41) is 9.50. The summed E-state index contributed by atoms with van der Waals surface area (Å²) >= 11 is 6.55. The van der Waals surface area contributed by atoms with Crippen LogP contribution >= 0.6 is 11.6 Å². The van der Waals surface area contributed by atoms with E-state index in [1.165, 1.54) is 24.1 Å². The fourth-order valence-electron chi connectivity index (χ4n) is 4.34. The molecule has 0 aliphatic carbocycles. The first-order chi connectivity index (χ1) is 18.9. The van der Waals surface area contributed by atoms with Crippen molar-refractivity contribution in [3.63, 3.8) is 0 Å². The zero-order valence-corrected chi connectivity index (χ0v) is 22.9. The van der Waals surface area contributed by atoms with Crippen molar-refractivity contribution >= 4 is 34.9 Å². The van der Waals surface area contributed by atoms with Gasteiger partial charge in [-0.15, -0.1) is 0 Å². The second-order valence-corrected chi connectivity index (χ2v) is 9.21. The average molecular weight is 551 g/mol. The molecule has 3 aromatic rings. The molecular formula is C29H31ClN4O5. The Morgan fingerprint density at radius 3 is 2.54 bits per heavy atom. The lowest BCUT2D eigenvalue weighted by atomic mass is 9.98. The van der Waals surface area contributed by atoms with Crippen molar-refractivity contribution in [1.82, 2.24) is 9.91 Å². The fraction of sp³-hybridized carbons (Fsp3) is 0.276. The van der Waals surface area contributed by atoms with Gasteiger partial charge in [0, 0.05) is 30.7 Å². The molecular weight excluding hydrogens is 520 g/mol. The second kappa shape index (κ2) is 13.1. The standard InChI is InChI=1S/C29H31ClN4O5/c1-37-16-15-33(29(36)31-24-13-6-7-14-27(24)39-3)19-28(35)34-26(22-11-4-5-12-23(22)30)18-25(32-34)20-9-8-10-21(17-20)38-2/h4-14,17,26H,15-16,18-19H2,1-3H3,(H,31,36). The van der Waals surface area contributed by atoms with E-state index in [2.05, 4.69) is 5.32 Å². The van der Waals surface area contributed by atoms with E-state index in [0.29, 0.717) is 34.3 Å². The molecule has 3 amide bonds. The number of hydrogen-bond acceptors (Lipinski definition) is 6. The number of nitrogens with one attached hydrogen (secondary N) is 1. The largest absolute Gasteiger partial charge is 0.497 e. The number of amides is 3. The van der Waals surface area contributed by atoms with Crippen LogP contribution in [0.1, 0.15) is 23.6 Å². The number of para-hydroxylation sites is 2. The number of carbonyl (C=O) groups excluding carboxylic acids is 2. The van der Waals surface area contributed by atoms with Crippen LogP contribution in [0.4, 0.5) is 10.5 Å². The quantitative estimate of drug-likeness (QED) is 0.374. The highest BCUT2D eigenvalue weighted by Crippen LogP contribution is 2.36. The van der Waals surface area contributed by atoms with Crippen LogP contribution in [0.5, 0.6) is 11.5 Å². The summed E-state index contributed by atoms with van der Waals surface area (Å²) in [6, 6.07) is 21.1. The van der Waals surface area contributed by atoms with Crippen molar-refractivity contribution in [1.29, 1.82) is 0 Å². The van der Waals surface area contributed by atoms with Gasteiger partial charge in [0.1, 0.15) is 18.0 Å². The molecule has 4 rings (SSSR count). The number of carbonyl (C=O) groups is 2. The minimum atomic E-state index is -0.463. The van der Waals surface area contributed by atoms with E-state index in [-0.39, 0.29) is 25.6 Å². The lowest BCUT2D eigenvalue weighted by Gasteiger charge is -2.27. The number of nitrogens with zero attached hydrogens (tertiary/aromatic N) is 3. The van der Waals surface area contributed by atoms with Gasteiger partial charge in [0.2, 0.25) is 0 Å². The van der Waals surface area contributed by atoms with Crippen LogP contribution in [-0.2, 0) is 9.53 Å². The third kappa shape index (κ3) is 6.68. The van der Waals surface area contributed by atoms with Crippen LogP contribution in [0.3, 0.4) is 0 Å². The topological polar surface area (TPSA) is 92.7 Å². The van der Waals surface area contributed by atoms with E-state index in [1.54, 1.807) is 37.4 Å². The van der Waals surface area contributed by atoms with Crippen molar-refractivity contribution < 1.29 is 23.8 Å². The molecule has 9 nitrogen and oxygen atoms in total. The van der Waals surface area contributed by atoms with Gasteiger partial charge in [0.15, 0.2) is 0 Å². The highest BCUT2D eigenvalue weighted by atomic mass is 35.5. The summed E-state index contributed by atoms with van der Waals surface area (Å²) in [7, 11) is 4.66. The number of methoxy groups -OCH3 is 3. The second-order valence-electron chi connectivity index (χ2n) is 8.80. The predicted octanol–water partition coefficient (Wildman–Crippen LogP) is 5.22. The predicted molar refractivity (Wildman–Crippen MR) is 151 cm³/mol. The number of urea groups is 1. The zero-order valence-electron chi connectivity index (χ0n) is 22.1. The van der Waals surface area contributed by atoms with E-state index < -0.39 is 12.1 Å². The Bertz CT molecular complexity index is 1350. The molecule has 10 heteroatoms. The van der Waals surface area contributed by atoms with Crippen LogP contribution in [0, 0.1) is 0 Å². The van der Waals surface area contributed by atoms with Crippen molar-refractivity contribution in [2.45, 2.75) is 12.5 Å². The first-order valence-corrected chi connectivity index (χ1v) is 12.8. The summed E-state index contributed by atoms with van der Waals surface area (Å²) in [4.78, 5) is 28.4. The zero-order chi connectivity index (χ0) is 27.8. The molecule has 1 aliphatic rings. The summed E-state index contributed by atoms with van der Waals surface area (Å²) in [6.45, 7) is 0.222. The van der Waals surface area contributed by atoms with Crippen LogP contribution in [0.2, 0.25) is 5.02 Å². The van der Waals surface area contributed by atoms with Crippen molar-refractivity contribution in [2.75, 3.05) is 46.3 Å². The van der Waals surface area contributed by atoms with Gasteiger partial charge in [0.25, 0.3) is 5.91 Å². The van der Waals surface area contributed by atoms with Crippen molar-refractivity contribution in [3.05, 3.63) is 88.9 Å². The third-order valence-corrected chi connectivity index (χ3v) is 6.70. The highest BCUT2D eigenvalue weighted by molar-refractivity contribution is 6.31. The Hall–Kier alpha value is -4.08. The first kappa shape index (κ1) is 27.9. The van der Waals surface area contributed by atoms with Gasteiger partial charge >= 0.3 is 6.03 Å². The fourth-order valence-corrected chi connectivity index (χ4v) is 4.60. The van der Waals surface area contributed by atoms with Gasteiger partial charge in [-0.3, -0.25) is 4.79 Å². The lowest BCUT2D eigenvalue weighted by molar-refractivity contribution is -0.133. The van der Waals surface area contributed by atoms with Crippen LogP contribution in [0.25, 0.3) is 0 Å². The van der Waals surface area contributed by atoms with E-state index >= 15 is 0 Å². The maximum absolute atomic E-state index is 13.8. The number of ether oxygens (including phenoxy) is 3. The van der Waals surface area contributed by atoms with Crippen LogP contribution in [-0.4, -0.2) is 68.6 Å². The molecule has 1 atom stereocenters. The van der Waals surface area contributed by atoms with E-state index in [1.807, 2.05) is 42.5 Å². The molecule has 1 aliphatic heterocycles. The van der Waals surface area contributed by atoms with Gasteiger partial charge in [-0.05, 0) is 35.9 Å². The first-order valence-electron chi connectivity index (χ1n) is 12.4. The molecule has 0 saturated heterocycles. The molecule has 0 aromatic heterocycles. The SMILES string of the molecule is COCCN(CC(=O)N1N=C(c2cccc(OC)c2)CC1c1ccccc1Cl)C(=O)Nc1ccccc1OC. The molecule has 1 heterocycles. The van der Waals surface area contributed by atoms with Gasteiger partial charge in [0.05, 0.1) is 38.3 Å². The lowest BCUT2D eigenvalue weighted by Crippen LogP contribution is -2.44. The molecule has 1 unspecified atom stereocenters. The number of hydrogen-bond donors (Lipinski definition) is 1. The summed E-state index contributed by atoms with van der Waals surface area (Å²) in [6.07, 6.45) is 0.453. The Balaban J connectivity index is 1.61. The average Bonchev–Trinajstić information content (AvgIpc) is 3.41. The normalized spacial score (nSPS) is 14.5. The summed E-state index contributed by atoms with van der Waals surface area (Å²) < 4.78 is 15.9. The molecule has 204 valence electrons. The van der Waals surface area contributed by atoms with Gasteiger partial charge in [-0.25, -0.2) is 9.80 Å². The molecule has 0 spiro atoms. The van der Waals surface area contributed by atoms with E-state index in [9.17, 15) is 9.59 Å². The molecule has 39 heavy (non-hydrogen) atoms. The molecule has 3 aromatic carbocycles. The molecule has 0 radical (unpaired) electrons. The van der Waals surface area contributed by atoms with Crippen molar-refractivity contribution in [3.8, 4) is 11.5 Å². The highest BCUT2D eigenvalue weighted by Gasteiger charge is 2.35. The van der Waals surface area contributed by atoms with Gasteiger partial charge in [-0.2, -0.15) is 5.10 Å². The molecule has 0 saturated carbocycles. The minimum Gasteiger partial charge on any atom is -0.497 e. The van der Waals surface area contributed by atoms with E-state index in [4.69, 9.17) is 30.9 Å². The maximum atomic E-state index is 13.8. The molecule has 0 fully saturated rings. The smallest absolute Gasteiger partial charge is 0.322 e. The Morgan fingerprint density at radius 1 is 1.03 bits per heavy atom. The van der Waals surface area contributed by atoms with E-state index in [0.717, 1.165) is 11.1 Å². The maximum Gasteiger partial charge on any atom is 0.322 e. The minimum absolute atomic E-state index is 0.195. The number of anilines is 1. The Kier molecular flexibility index (Phi) is 9.40. The third-order valence-electron chi connectivity index (χ3n) is 6.36. The number of benzene rings is 3. The van der Waals surface area contributed by atoms with Gasteiger partial charge < -0.3 is 24.4 Å². The Morgan fingerprint density at radius 2 is 1.79 bits per heavy atom. The Labute approximate surface area is 232 Å². The number of halogens is 1. The van der Waals surface area contributed by atoms with Crippen molar-refractivity contribution in [2.24, 2.45) is 5.10 Å². The molecule has 1 N–H and O–H groups in total. The monoisotopic (exact) mass is 550 g/mol. The summed E-state index contributed by atoms with van der Waals surface area (Å²) in [5.41, 5.74) is 2.82. The number of rotatable bonds is 10. The van der Waals surface area contributed by atoms with Gasteiger partial charge in [-0.1, -0.05) is 54.1 Å². The number of hydrazone groups is 1. The molecule has 0 bridgehead atoms.